The van der Waals surface area contributed by atoms with Crippen LogP contribution in [0, 0.1) is 10.1 Å². The van der Waals surface area contributed by atoms with Crippen LogP contribution >= 0.6 is 0 Å². The number of benzene rings is 1. The van der Waals surface area contributed by atoms with Crippen molar-refractivity contribution < 1.29 is 4.92 Å². The highest BCUT2D eigenvalue weighted by Crippen LogP contribution is 2.28. The van der Waals surface area contributed by atoms with Crippen LogP contribution in [0.2, 0.25) is 0 Å². The zero-order valence-electron chi connectivity index (χ0n) is 9.85. The molecule has 0 atom stereocenters. The van der Waals surface area contributed by atoms with Crippen molar-refractivity contribution in [3.63, 3.8) is 0 Å². The molecule has 1 aromatic carbocycles. The first-order valence-electron chi connectivity index (χ1n) is 5.56. The molecule has 92 valence electrons. The molecule has 0 heterocycles. The van der Waals surface area contributed by atoms with Gasteiger partial charge in [0.15, 0.2) is 0 Å². The van der Waals surface area contributed by atoms with E-state index in [0.717, 1.165) is 5.56 Å². The molecular weight excluding hydrogens is 218 g/mol. The van der Waals surface area contributed by atoms with Crippen molar-refractivity contribution in [3.8, 4) is 0 Å². The lowest BCUT2D eigenvalue weighted by Gasteiger charge is -2.07. The van der Waals surface area contributed by atoms with Crippen molar-refractivity contribution in [2.24, 2.45) is 5.73 Å². The van der Waals surface area contributed by atoms with Gasteiger partial charge in [0.25, 0.3) is 5.69 Å². The van der Waals surface area contributed by atoms with Gasteiger partial charge in [0.05, 0.1) is 4.92 Å². The van der Waals surface area contributed by atoms with Crippen LogP contribution in [0.15, 0.2) is 30.4 Å². The van der Waals surface area contributed by atoms with Gasteiger partial charge in [-0.05, 0) is 12.5 Å². The molecule has 0 aliphatic carbocycles. The Kier molecular flexibility index (Phi) is 5.16. The molecule has 5 heteroatoms. The third kappa shape index (κ3) is 3.57. The smallest absolute Gasteiger partial charge is 0.295 e. The quantitative estimate of drug-likeness (QED) is 0.449. The van der Waals surface area contributed by atoms with Crippen LogP contribution in [0.25, 0.3) is 0 Å². The minimum atomic E-state index is -0.339. The molecule has 0 unspecified atom stereocenters. The summed E-state index contributed by atoms with van der Waals surface area (Å²) in [5, 5.41) is 14.0. The van der Waals surface area contributed by atoms with E-state index >= 15 is 0 Å². The average Bonchev–Trinajstić information content (AvgIpc) is 2.33. The summed E-state index contributed by atoms with van der Waals surface area (Å²) in [6.07, 6.45) is 4.30. The van der Waals surface area contributed by atoms with Gasteiger partial charge < -0.3 is 11.1 Å². The van der Waals surface area contributed by atoms with Crippen LogP contribution in [0.1, 0.15) is 12.5 Å². The summed E-state index contributed by atoms with van der Waals surface area (Å²) in [6.45, 7) is 2.91. The molecule has 0 bridgehead atoms. The lowest BCUT2D eigenvalue weighted by molar-refractivity contribution is -0.384. The predicted molar refractivity (Wildman–Crippen MR) is 69.2 cm³/mol. The Morgan fingerprint density at radius 3 is 2.82 bits per heavy atom. The number of nitrogens with zero attached hydrogens (tertiary/aromatic N) is 1. The first-order chi connectivity index (χ1) is 8.20. The zero-order valence-corrected chi connectivity index (χ0v) is 9.85. The number of hydrogen-bond acceptors (Lipinski definition) is 4. The van der Waals surface area contributed by atoms with E-state index in [1.165, 1.54) is 0 Å². The summed E-state index contributed by atoms with van der Waals surface area (Å²) in [4.78, 5) is 10.7. The SMILES string of the molecule is CCc1cccc(NC/C=C/CN)c1[N+](=O)[O-]. The lowest BCUT2D eigenvalue weighted by Crippen LogP contribution is -2.05. The van der Waals surface area contributed by atoms with E-state index in [9.17, 15) is 10.1 Å². The molecule has 0 fully saturated rings. The second-order valence-corrected chi connectivity index (χ2v) is 3.51. The monoisotopic (exact) mass is 235 g/mol. The molecule has 0 aromatic heterocycles. The summed E-state index contributed by atoms with van der Waals surface area (Å²) in [6, 6.07) is 5.31. The molecule has 5 nitrogen and oxygen atoms in total. The molecule has 1 rings (SSSR count). The van der Waals surface area contributed by atoms with Gasteiger partial charge in [0.2, 0.25) is 0 Å². The van der Waals surface area contributed by atoms with Crippen molar-refractivity contribution in [2.75, 3.05) is 18.4 Å². The average molecular weight is 235 g/mol. The number of nitro benzene ring substituents is 1. The van der Waals surface area contributed by atoms with Crippen LogP contribution in [0.4, 0.5) is 11.4 Å². The molecule has 0 saturated carbocycles. The number of nitrogens with two attached hydrogens (primary N) is 1. The second-order valence-electron chi connectivity index (χ2n) is 3.51. The van der Waals surface area contributed by atoms with Gasteiger partial charge in [-0.2, -0.15) is 0 Å². The van der Waals surface area contributed by atoms with Crippen LogP contribution in [0.5, 0.6) is 0 Å². The highest BCUT2D eigenvalue weighted by Gasteiger charge is 2.17. The molecule has 0 spiro atoms. The fourth-order valence-electron chi connectivity index (χ4n) is 1.58. The predicted octanol–water partition coefficient (Wildman–Crippen LogP) is 2.08. The lowest BCUT2D eigenvalue weighted by atomic mass is 10.1. The van der Waals surface area contributed by atoms with Gasteiger partial charge in [-0.15, -0.1) is 0 Å². The number of hydrogen-bond donors (Lipinski definition) is 2. The van der Waals surface area contributed by atoms with Crippen LogP contribution in [-0.4, -0.2) is 18.0 Å². The van der Waals surface area contributed by atoms with E-state index in [0.29, 0.717) is 25.2 Å². The van der Waals surface area contributed by atoms with Crippen LogP contribution in [0.3, 0.4) is 0 Å². The van der Waals surface area contributed by atoms with Gasteiger partial charge in [0.1, 0.15) is 5.69 Å². The third-order valence-corrected chi connectivity index (χ3v) is 2.40. The first kappa shape index (κ1) is 13.2. The van der Waals surface area contributed by atoms with Gasteiger partial charge in [0, 0.05) is 18.7 Å². The van der Waals surface area contributed by atoms with E-state index in [-0.39, 0.29) is 10.6 Å². The number of para-hydroxylation sites is 1. The maximum absolute atomic E-state index is 11.0. The largest absolute Gasteiger partial charge is 0.376 e. The third-order valence-electron chi connectivity index (χ3n) is 2.40. The van der Waals surface area contributed by atoms with Crippen molar-refractivity contribution in [1.29, 1.82) is 0 Å². The molecule has 0 aliphatic heterocycles. The van der Waals surface area contributed by atoms with Crippen molar-refractivity contribution in [3.05, 3.63) is 46.0 Å². The summed E-state index contributed by atoms with van der Waals surface area (Å²) in [5.41, 5.74) is 6.76. The van der Waals surface area contributed by atoms with Gasteiger partial charge >= 0.3 is 0 Å². The molecule has 0 saturated heterocycles. The Hall–Kier alpha value is -1.88. The van der Waals surface area contributed by atoms with Crippen molar-refractivity contribution >= 4 is 11.4 Å². The number of aryl methyl sites for hydroxylation is 1. The van der Waals surface area contributed by atoms with Gasteiger partial charge in [-0.25, -0.2) is 0 Å². The molecule has 17 heavy (non-hydrogen) atoms. The van der Waals surface area contributed by atoms with Crippen molar-refractivity contribution in [2.45, 2.75) is 13.3 Å². The standard InChI is InChI=1S/C12H17N3O2/c1-2-10-6-5-7-11(12(10)15(16)17)14-9-4-3-8-13/h3-7,14H,2,8-9,13H2,1H3/b4-3+. The summed E-state index contributed by atoms with van der Waals surface area (Å²) < 4.78 is 0. The van der Waals surface area contributed by atoms with E-state index in [4.69, 9.17) is 5.73 Å². The highest BCUT2D eigenvalue weighted by molar-refractivity contribution is 5.65. The van der Waals surface area contributed by atoms with Crippen LogP contribution in [-0.2, 0) is 6.42 Å². The Morgan fingerprint density at radius 2 is 2.24 bits per heavy atom. The van der Waals surface area contributed by atoms with Crippen molar-refractivity contribution in [1.82, 2.24) is 0 Å². The number of anilines is 1. The van der Waals surface area contributed by atoms with E-state index in [2.05, 4.69) is 5.32 Å². The summed E-state index contributed by atoms with van der Waals surface area (Å²) >= 11 is 0. The Labute approximate surface area is 100 Å². The molecular formula is C12H17N3O2. The molecule has 0 radical (unpaired) electrons. The minimum Gasteiger partial charge on any atom is -0.376 e. The minimum absolute atomic E-state index is 0.163. The fraction of sp³-hybridized carbons (Fsp3) is 0.333. The molecule has 1 aromatic rings. The van der Waals surface area contributed by atoms with E-state index in [1.54, 1.807) is 12.1 Å². The fourth-order valence-corrected chi connectivity index (χ4v) is 1.58. The Morgan fingerprint density at radius 1 is 1.47 bits per heavy atom. The highest BCUT2D eigenvalue weighted by atomic mass is 16.6. The normalized spacial score (nSPS) is 10.7. The molecule has 0 amide bonds. The van der Waals surface area contributed by atoms with Gasteiger partial charge in [-0.1, -0.05) is 31.2 Å². The Balaban J connectivity index is 2.90. The van der Waals surface area contributed by atoms with E-state index < -0.39 is 0 Å². The molecule has 3 N–H and O–H groups in total. The molecule has 0 aliphatic rings. The second kappa shape index (κ2) is 6.65. The topological polar surface area (TPSA) is 81.2 Å². The number of nitro groups is 1. The number of nitrogens with one attached hydrogen (secondary N) is 1. The number of rotatable bonds is 6. The first-order valence-corrected chi connectivity index (χ1v) is 5.56. The summed E-state index contributed by atoms with van der Waals surface area (Å²) in [7, 11) is 0. The van der Waals surface area contributed by atoms with Gasteiger partial charge in [-0.3, -0.25) is 10.1 Å². The maximum atomic E-state index is 11.0. The Bertz CT molecular complexity index is 416. The maximum Gasteiger partial charge on any atom is 0.295 e. The van der Waals surface area contributed by atoms with Crippen LogP contribution < -0.4 is 11.1 Å². The summed E-state index contributed by atoms with van der Waals surface area (Å²) in [5.74, 6) is 0. The zero-order chi connectivity index (χ0) is 12.7. The van der Waals surface area contributed by atoms with E-state index in [1.807, 2.05) is 25.1 Å².